The lowest BCUT2D eigenvalue weighted by Crippen LogP contribution is -2.00. The Bertz CT molecular complexity index is 456. The summed E-state index contributed by atoms with van der Waals surface area (Å²) in [7, 11) is 2.18. The van der Waals surface area contributed by atoms with Crippen molar-refractivity contribution in [3.8, 4) is 5.75 Å². The molecule has 0 fully saturated rings. The van der Waals surface area contributed by atoms with E-state index in [4.69, 9.17) is 15.4 Å². The Morgan fingerprint density at radius 2 is 2.00 bits per heavy atom. The Morgan fingerprint density at radius 3 is 2.43 bits per heavy atom. The number of hydrogen-bond acceptors (Lipinski definition) is 3. The van der Waals surface area contributed by atoms with Gasteiger partial charge in [0.1, 0.15) is 11.6 Å². The van der Waals surface area contributed by atoms with Gasteiger partial charge in [-0.2, -0.15) is 0 Å². The van der Waals surface area contributed by atoms with Crippen LogP contribution in [0.25, 0.3) is 0 Å². The first-order valence-electron chi connectivity index (χ1n) is 3.65. The highest BCUT2D eigenvalue weighted by molar-refractivity contribution is 8.13. The molecule has 14 heavy (non-hydrogen) atoms. The van der Waals surface area contributed by atoms with Crippen LogP contribution in [-0.2, 0) is 9.05 Å². The quantitative estimate of drug-likeness (QED) is 0.741. The van der Waals surface area contributed by atoms with E-state index in [1.165, 1.54) is 13.2 Å². The highest BCUT2D eigenvalue weighted by Crippen LogP contribution is 2.30. The molecule has 0 spiro atoms. The smallest absolute Gasteiger partial charge is 0.267 e. The zero-order valence-electron chi connectivity index (χ0n) is 7.54. The maximum absolute atomic E-state index is 13.3. The van der Waals surface area contributed by atoms with Crippen LogP contribution in [0.5, 0.6) is 5.75 Å². The van der Waals surface area contributed by atoms with E-state index in [1.54, 1.807) is 6.92 Å². The lowest BCUT2D eigenvalue weighted by Gasteiger charge is -2.07. The van der Waals surface area contributed by atoms with Crippen LogP contribution in [0.2, 0.25) is 0 Å². The summed E-state index contributed by atoms with van der Waals surface area (Å²) < 4.78 is 40.0. The van der Waals surface area contributed by atoms with Gasteiger partial charge in [0.2, 0.25) is 0 Å². The molecule has 0 aliphatic rings. The first-order chi connectivity index (χ1) is 6.36. The van der Waals surface area contributed by atoms with Gasteiger partial charge in [-0.3, -0.25) is 0 Å². The third kappa shape index (κ3) is 2.16. The number of methoxy groups -OCH3 is 1. The number of rotatable bonds is 2. The minimum atomic E-state index is -4.12. The molecule has 0 bridgehead atoms. The number of aryl methyl sites for hydroxylation is 1. The maximum Gasteiger partial charge on any atom is 0.267 e. The number of benzene rings is 1. The molecule has 1 aromatic rings. The predicted molar refractivity (Wildman–Crippen MR) is 50.7 cm³/mol. The van der Waals surface area contributed by atoms with E-state index >= 15 is 0 Å². The molecule has 3 nitrogen and oxygen atoms in total. The minimum Gasteiger partial charge on any atom is -0.495 e. The van der Waals surface area contributed by atoms with E-state index in [0.29, 0.717) is 5.56 Å². The normalized spacial score (nSPS) is 11.4. The van der Waals surface area contributed by atoms with E-state index in [2.05, 4.69) is 0 Å². The van der Waals surface area contributed by atoms with E-state index in [0.717, 1.165) is 6.07 Å². The van der Waals surface area contributed by atoms with E-state index in [-0.39, 0.29) is 5.75 Å². The van der Waals surface area contributed by atoms with Crippen molar-refractivity contribution in [2.45, 2.75) is 11.8 Å². The summed E-state index contributed by atoms with van der Waals surface area (Å²) in [4.78, 5) is -0.618. The molecule has 1 aromatic carbocycles. The Labute approximate surface area is 85.9 Å². The van der Waals surface area contributed by atoms with Crippen molar-refractivity contribution in [1.82, 2.24) is 0 Å². The summed E-state index contributed by atoms with van der Waals surface area (Å²) in [6.07, 6.45) is 0. The number of halogens is 2. The van der Waals surface area contributed by atoms with Gasteiger partial charge in [0.05, 0.1) is 7.11 Å². The third-order valence-electron chi connectivity index (χ3n) is 1.62. The van der Waals surface area contributed by atoms with Gasteiger partial charge in [0.25, 0.3) is 9.05 Å². The molecule has 0 atom stereocenters. The first kappa shape index (κ1) is 11.3. The summed E-state index contributed by atoms with van der Waals surface area (Å²) in [5, 5.41) is 0. The zero-order valence-corrected chi connectivity index (χ0v) is 9.12. The molecule has 6 heteroatoms. The lowest BCUT2D eigenvalue weighted by atomic mass is 10.2. The molecule has 0 aliphatic carbocycles. The van der Waals surface area contributed by atoms with Crippen LogP contribution in [0.3, 0.4) is 0 Å². The average Bonchev–Trinajstić information content (AvgIpc) is 1.99. The molecule has 0 unspecified atom stereocenters. The molecule has 78 valence electrons. The van der Waals surface area contributed by atoms with E-state index < -0.39 is 19.8 Å². The Kier molecular flexibility index (Phi) is 3.01. The van der Waals surface area contributed by atoms with Crippen LogP contribution in [-0.4, -0.2) is 15.5 Å². The van der Waals surface area contributed by atoms with Gasteiger partial charge >= 0.3 is 0 Å². The maximum atomic E-state index is 13.3. The summed E-state index contributed by atoms with van der Waals surface area (Å²) in [5.74, 6) is -0.991. The minimum absolute atomic E-state index is 0.0856. The third-order valence-corrected chi connectivity index (χ3v) is 2.96. The van der Waals surface area contributed by atoms with Gasteiger partial charge in [-0.15, -0.1) is 0 Å². The second kappa shape index (κ2) is 3.74. The van der Waals surface area contributed by atoms with Gasteiger partial charge in [-0.05, 0) is 24.6 Å². The summed E-state index contributed by atoms with van der Waals surface area (Å²) in [6.45, 7) is 1.62. The van der Waals surface area contributed by atoms with Crippen LogP contribution in [0.1, 0.15) is 5.56 Å². The van der Waals surface area contributed by atoms with Crippen molar-refractivity contribution < 1.29 is 17.5 Å². The van der Waals surface area contributed by atoms with Crippen LogP contribution < -0.4 is 4.74 Å². The van der Waals surface area contributed by atoms with Gasteiger partial charge < -0.3 is 4.74 Å². The van der Waals surface area contributed by atoms with Gasteiger partial charge in [-0.25, -0.2) is 12.8 Å². The van der Waals surface area contributed by atoms with Crippen molar-refractivity contribution in [3.63, 3.8) is 0 Å². The van der Waals surface area contributed by atoms with Crippen molar-refractivity contribution >= 4 is 19.7 Å². The molecule has 0 radical (unpaired) electrons. The zero-order chi connectivity index (χ0) is 10.9. The summed E-state index contributed by atoms with van der Waals surface area (Å²) in [6, 6.07) is 2.48. The number of hydrogen-bond donors (Lipinski definition) is 0. The molecule has 0 aliphatic heterocycles. The second-order valence-electron chi connectivity index (χ2n) is 2.72. The SMILES string of the molecule is COc1cc(C)cc(F)c1S(=O)(=O)Cl. The average molecular weight is 239 g/mol. The fourth-order valence-corrected chi connectivity index (χ4v) is 2.21. The van der Waals surface area contributed by atoms with Gasteiger partial charge in [-0.1, -0.05) is 0 Å². The number of ether oxygens (including phenoxy) is 1. The van der Waals surface area contributed by atoms with Crippen molar-refractivity contribution in [2.75, 3.05) is 7.11 Å². The van der Waals surface area contributed by atoms with E-state index in [9.17, 15) is 12.8 Å². The molecular formula is C8H8ClFO3S. The standard InChI is InChI=1S/C8H8ClFO3S/c1-5-3-6(10)8(14(9,11)12)7(4-5)13-2/h3-4H,1-2H3. The highest BCUT2D eigenvalue weighted by Gasteiger charge is 2.22. The van der Waals surface area contributed by atoms with Crippen molar-refractivity contribution in [1.29, 1.82) is 0 Å². The lowest BCUT2D eigenvalue weighted by molar-refractivity contribution is 0.395. The largest absolute Gasteiger partial charge is 0.495 e. The van der Waals surface area contributed by atoms with Gasteiger partial charge in [0, 0.05) is 10.7 Å². The summed E-state index contributed by atoms with van der Waals surface area (Å²) >= 11 is 0. The fourth-order valence-electron chi connectivity index (χ4n) is 1.09. The highest BCUT2D eigenvalue weighted by atomic mass is 35.7. The van der Waals surface area contributed by atoms with Gasteiger partial charge in [0.15, 0.2) is 4.90 Å². The molecular weight excluding hydrogens is 231 g/mol. The molecule has 0 saturated carbocycles. The molecule has 0 N–H and O–H groups in total. The molecule has 0 saturated heterocycles. The fraction of sp³-hybridized carbons (Fsp3) is 0.250. The molecule has 0 heterocycles. The monoisotopic (exact) mass is 238 g/mol. The van der Waals surface area contributed by atoms with Crippen molar-refractivity contribution in [2.24, 2.45) is 0 Å². The predicted octanol–water partition coefficient (Wildman–Crippen LogP) is 2.07. The van der Waals surface area contributed by atoms with Crippen LogP contribution in [0, 0.1) is 12.7 Å². The molecule has 1 rings (SSSR count). The molecule has 0 amide bonds. The van der Waals surface area contributed by atoms with E-state index in [1.807, 2.05) is 0 Å². The molecule has 0 aromatic heterocycles. The van der Waals surface area contributed by atoms with Crippen LogP contribution in [0.4, 0.5) is 4.39 Å². The summed E-state index contributed by atoms with van der Waals surface area (Å²) in [5.41, 5.74) is 0.559. The van der Waals surface area contributed by atoms with Crippen LogP contribution in [0.15, 0.2) is 17.0 Å². The van der Waals surface area contributed by atoms with Crippen molar-refractivity contribution in [3.05, 3.63) is 23.5 Å². The topological polar surface area (TPSA) is 43.4 Å². The second-order valence-corrected chi connectivity index (χ2v) is 5.22. The Hall–Kier alpha value is -0.810. The van der Waals surface area contributed by atoms with Crippen LogP contribution >= 0.6 is 10.7 Å². The Balaban J connectivity index is 3.57. The first-order valence-corrected chi connectivity index (χ1v) is 5.96. The Morgan fingerprint density at radius 1 is 1.43 bits per heavy atom.